The van der Waals surface area contributed by atoms with Crippen molar-refractivity contribution in [1.29, 1.82) is 0 Å². The number of aromatic nitrogens is 2. The molecule has 0 spiro atoms. The predicted octanol–water partition coefficient (Wildman–Crippen LogP) is 3.91. The fraction of sp³-hybridized carbons (Fsp3) is 0.200. The smallest absolute Gasteiger partial charge is 0.131 e. The lowest BCUT2D eigenvalue weighted by atomic mass is 10.1. The van der Waals surface area contributed by atoms with Crippen LogP contribution in [-0.2, 0) is 0 Å². The van der Waals surface area contributed by atoms with Gasteiger partial charge in [0.05, 0.1) is 5.52 Å². The molecule has 0 radical (unpaired) electrons. The van der Waals surface area contributed by atoms with E-state index >= 15 is 0 Å². The van der Waals surface area contributed by atoms with Crippen LogP contribution in [0.25, 0.3) is 21.7 Å². The minimum atomic E-state index is 0.367. The monoisotopic (exact) mass is 222 g/mol. The molecule has 0 bridgehead atoms. The van der Waals surface area contributed by atoms with Gasteiger partial charge < -0.3 is 0 Å². The summed E-state index contributed by atoms with van der Waals surface area (Å²) in [7, 11) is 0. The third-order valence-electron chi connectivity index (χ3n) is 3.02. The van der Waals surface area contributed by atoms with E-state index in [0.29, 0.717) is 5.92 Å². The topological polar surface area (TPSA) is 25.8 Å². The van der Waals surface area contributed by atoms with Crippen molar-refractivity contribution in [1.82, 2.24) is 9.97 Å². The quantitative estimate of drug-likeness (QED) is 0.583. The molecular weight excluding hydrogens is 208 g/mol. The fourth-order valence-electron chi connectivity index (χ4n) is 2.08. The summed E-state index contributed by atoms with van der Waals surface area (Å²) in [6.07, 6.45) is 1.94. The zero-order valence-corrected chi connectivity index (χ0v) is 10.0. The zero-order valence-electron chi connectivity index (χ0n) is 10.0. The lowest BCUT2D eigenvalue weighted by Crippen LogP contribution is -1.97. The molecule has 2 aromatic carbocycles. The summed E-state index contributed by atoms with van der Waals surface area (Å²) < 4.78 is 0. The molecule has 84 valence electrons. The van der Waals surface area contributed by atoms with Crippen molar-refractivity contribution in [2.75, 3.05) is 0 Å². The average Bonchev–Trinajstić information content (AvgIpc) is 2.38. The van der Waals surface area contributed by atoms with Gasteiger partial charge in [0.15, 0.2) is 0 Å². The molecular formula is C15H14N2. The van der Waals surface area contributed by atoms with Crippen LogP contribution in [0.15, 0.2) is 42.6 Å². The van der Waals surface area contributed by atoms with Gasteiger partial charge in [-0.3, -0.25) is 0 Å². The van der Waals surface area contributed by atoms with E-state index in [-0.39, 0.29) is 0 Å². The van der Waals surface area contributed by atoms with Gasteiger partial charge in [-0.25, -0.2) is 9.97 Å². The Labute approximate surface area is 100 Å². The van der Waals surface area contributed by atoms with Gasteiger partial charge in [0.2, 0.25) is 0 Å². The minimum absolute atomic E-state index is 0.367. The van der Waals surface area contributed by atoms with E-state index in [9.17, 15) is 0 Å². The second kappa shape index (κ2) is 3.81. The summed E-state index contributed by atoms with van der Waals surface area (Å²) in [6, 6.07) is 12.5. The molecule has 0 saturated carbocycles. The first kappa shape index (κ1) is 10.2. The molecule has 2 heteroatoms. The van der Waals surface area contributed by atoms with Gasteiger partial charge >= 0.3 is 0 Å². The van der Waals surface area contributed by atoms with E-state index in [4.69, 9.17) is 0 Å². The molecule has 0 aliphatic heterocycles. The van der Waals surface area contributed by atoms with Gasteiger partial charge in [-0.1, -0.05) is 44.2 Å². The van der Waals surface area contributed by atoms with Crippen molar-refractivity contribution < 1.29 is 0 Å². The molecule has 0 aliphatic carbocycles. The molecule has 0 unspecified atom stereocenters. The van der Waals surface area contributed by atoms with Crippen molar-refractivity contribution in [2.24, 2.45) is 0 Å². The van der Waals surface area contributed by atoms with Crippen LogP contribution < -0.4 is 0 Å². The molecule has 1 aromatic heterocycles. The lowest BCUT2D eigenvalue weighted by Gasteiger charge is -2.06. The Hall–Kier alpha value is -1.96. The van der Waals surface area contributed by atoms with E-state index < -0.39 is 0 Å². The van der Waals surface area contributed by atoms with Crippen molar-refractivity contribution in [3.05, 3.63) is 48.4 Å². The Kier molecular flexibility index (Phi) is 2.29. The van der Waals surface area contributed by atoms with Crippen LogP contribution in [0, 0.1) is 0 Å². The molecule has 0 aliphatic rings. The molecule has 0 amide bonds. The lowest BCUT2D eigenvalue weighted by molar-refractivity contribution is 0.783. The Balaban J connectivity index is 2.37. The van der Waals surface area contributed by atoms with Gasteiger partial charge in [0.25, 0.3) is 0 Å². The van der Waals surface area contributed by atoms with E-state index in [0.717, 1.165) is 16.7 Å². The van der Waals surface area contributed by atoms with Crippen LogP contribution >= 0.6 is 0 Å². The fourth-order valence-corrected chi connectivity index (χ4v) is 2.08. The van der Waals surface area contributed by atoms with Gasteiger partial charge in [-0.05, 0) is 16.8 Å². The molecule has 3 aromatic rings. The van der Waals surface area contributed by atoms with E-state index in [2.05, 4.69) is 60.2 Å². The zero-order chi connectivity index (χ0) is 11.8. The van der Waals surface area contributed by atoms with Gasteiger partial charge in [-0.2, -0.15) is 0 Å². The summed E-state index contributed by atoms with van der Waals surface area (Å²) in [6.45, 7) is 4.23. The highest BCUT2D eigenvalue weighted by atomic mass is 14.9. The highest BCUT2D eigenvalue weighted by molar-refractivity contribution is 6.05. The third-order valence-corrected chi connectivity index (χ3v) is 3.02. The third kappa shape index (κ3) is 1.66. The predicted molar refractivity (Wildman–Crippen MR) is 71.1 cm³/mol. The SMILES string of the molecule is CC(C)c1ncc2c(ccc3ccccc32)n1. The van der Waals surface area contributed by atoms with Gasteiger partial charge in [0.1, 0.15) is 5.82 Å². The summed E-state index contributed by atoms with van der Waals surface area (Å²) in [5.41, 5.74) is 1.03. The van der Waals surface area contributed by atoms with Crippen molar-refractivity contribution >= 4 is 21.7 Å². The normalized spacial score (nSPS) is 11.5. The van der Waals surface area contributed by atoms with Crippen LogP contribution in [0.4, 0.5) is 0 Å². The number of nitrogens with zero attached hydrogens (tertiary/aromatic N) is 2. The van der Waals surface area contributed by atoms with Crippen LogP contribution in [0.5, 0.6) is 0 Å². The maximum absolute atomic E-state index is 4.61. The standard InChI is InChI=1S/C15H14N2/c1-10(2)15-16-9-13-12-6-4-3-5-11(12)7-8-14(13)17-15/h3-10H,1-2H3. The van der Waals surface area contributed by atoms with Gasteiger partial charge in [0, 0.05) is 17.5 Å². The van der Waals surface area contributed by atoms with Crippen LogP contribution in [0.3, 0.4) is 0 Å². The Morgan fingerprint density at radius 2 is 1.76 bits per heavy atom. The molecule has 0 atom stereocenters. The van der Waals surface area contributed by atoms with Crippen LogP contribution in [0.1, 0.15) is 25.6 Å². The first-order valence-corrected chi connectivity index (χ1v) is 5.90. The van der Waals surface area contributed by atoms with E-state index in [1.54, 1.807) is 0 Å². The molecule has 1 heterocycles. The number of hydrogen-bond donors (Lipinski definition) is 0. The first-order chi connectivity index (χ1) is 8.25. The van der Waals surface area contributed by atoms with Gasteiger partial charge in [-0.15, -0.1) is 0 Å². The second-order valence-corrected chi connectivity index (χ2v) is 4.60. The highest BCUT2D eigenvalue weighted by Gasteiger charge is 2.06. The Morgan fingerprint density at radius 1 is 0.941 bits per heavy atom. The summed E-state index contributed by atoms with van der Waals surface area (Å²) in [5.74, 6) is 1.28. The maximum atomic E-state index is 4.61. The molecule has 0 fully saturated rings. The summed E-state index contributed by atoms with van der Waals surface area (Å²) >= 11 is 0. The highest BCUT2D eigenvalue weighted by Crippen LogP contribution is 2.24. The maximum Gasteiger partial charge on any atom is 0.131 e. The minimum Gasteiger partial charge on any atom is -0.240 e. The first-order valence-electron chi connectivity index (χ1n) is 5.90. The van der Waals surface area contributed by atoms with E-state index in [1.165, 1.54) is 10.8 Å². The Bertz CT molecular complexity index is 687. The molecule has 0 saturated heterocycles. The van der Waals surface area contributed by atoms with E-state index in [1.807, 2.05) is 6.20 Å². The molecule has 3 rings (SSSR count). The van der Waals surface area contributed by atoms with Crippen molar-refractivity contribution in [3.63, 3.8) is 0 Å². The van der Waals surface area contributed by atoms with Crippen LogP contribution in [0.2, 0.25) is 0 Å². The number of hydrogen-bond acceptors (Lipinski definition) is 2. The molecule has 2 nitrogen and oxygen atoms in total. The number of fused-ring (bicyclic) bond motifs is 3. The molecule has 17 heavy (non-hydrogen) atoms. The summed E-state index contributed by atoms with van der Waals surface area (Å²) in [4.78, 5) is 9.06. The van der Waals surface area contributed by atoms with Crippen molar-refractivity contribution in [2.45, 2.75) is 19.8 Å². The second-order valence-electron chi connectivity index (χ2n) is 4.60. The molecule has 0 N–H and O–H groups in total. The Morgan fingerprint density at radius 3 is 2.59 bits per heavy atom. The van der Waals surface area contributed by atoms with Crippen molar-refractivity contribution in [3.8, 4) is 0 Å². The number of rotatable bonds is 1. The largest absolute Gasteiger partial charge is 0.240 e. The number of benzene rings is 2. The average molecular weight is 222 g/mol. The summed E-state index contributed by atoms with van der Waals surface area (Å²) in [5, 5.41) is 3.59. The van der Waals surface area contributed by atoms with Crippen LogP contribution in [-0.4, -0.2) is 9.97 Å².